The predicted molar refractivity (Wildman–Crippen MR) is 83.8 cm³/mol. The zero-order valence-electron chi connectivity index (χ0n) is 13.3. The van der Waals surface area contributed by atoms with Crippen LogP contribution in [-0.2, 0) is 0 Å². The Balaban J connectivity index is 2.22. The van der Waals surface area contributed by atoms with E-state index >= 15 is 0 Å². The number of hydrogen-bond acceptors (Lipinski definition) is 2. The minimum Gasteiger partial charge on any atom is -0.324 e. The Morgan fingerprint density at radius 1 is 1.38 bits per heavy atom. The smallest absolute Gasteiger partial charge is 0.151 e. The maximum atomic E-state index is 14.1. The highest BCUT2D eigenvalue weighted by Crippen LogP contribution is 2.41. The first-order valence-electron chi connectivity index (χ1n) is 7.81. The van der Waals surface area contributed by atoms with Crippen LogP contribution in [0.3, 0.4) is 0 Å². The van der Waals surface area contributed by atoms with Gasteiger partial charge in [0.05, 0.1) is 11.6 Å². The van der Waals surface area contributed by atoms with Gasteiger partial charge in [-0.05, 0) is 50.8 Å². The Kier molecular flexibility index (Phi) is 3.52. The monoisotopic (exact) mass is 289 g/mol. The molecule has 1 aliphatic heterocycles. The standard InChI is InChI=1S/C17H24FN3/c1-11(2)21-13-8-5-7-12(18)14(13)20-16(21)15-17(3,4)9-6-10-19-15/h5,7-8,11,15,19H,6,9-10H2,1-4H3. The fourth-order valence-corrected chi connectivity index (χ4v) is 3.50. The molecule has 0 spiro atoms. The number of rotatable bonds is 2. The second-order valence-electron chi connectivity index (χ2n) is 7.02. The van der Waals surface area contributed by atoms with Crippen LogP contribution >= 0.6 is 0 Å². The third kappa shape index (κ3) is 2.35. The van der Waals surface area contributed by atoms with Crippen LogP contribution in [0.2, 0.25) is 0 Å². The Morgan fingerprint density at radius 3 is 2.81 bits per heavy atom. The van der Waals surface area contributed by atoms with Crippen LogP contribution in [0.15, 0.2) is 18.2 Å². The van der Waals surface area contributed by atoms with Crippen molar-refractivity contribution in [1.82, 2.24) is 14.9 Å². The summed E-state index contributed by atoms with van der Waals surface area (Å²) in [5.41, 5.74) is 1.51. The topological polar surface area (TPSA) is 29.9 Å². The summed E-state index contributed by atoms with van der Waals surface area (Å²) in [6, 6.07) is 5.64. The van der Waals surface area contributed by atoms with Crippen LogP contribution in [0.5, 0.6) is 0 Å². The summed E-state index contributed by atoms with van der Waals surface area (Å²) in [4.78, 5) is 4.68. The molecule has 1 fully saturated rings. The van der Waals surface area contributed by atoms with Gasteiger partial charge in [-0.15, -0.1) is 0 Å². The number of nitrogens with zero attached hydrogens (tertiary/aromatic N) is 2. The Hall–Kier alpha value is -1.42. The molecule has 0 radical (unpaired) electrons. The average molecular weight is 289 g/mol. The molecule has 3 nitrogen and oxygen atoms in total. The molecule has 0 saturated carbocycles. The van der Waals surface area contributed by atoms with Gasteiger partial charge in [0, 0.05) is 6.04 Å². The molecule has 1 aliphatic rings. The van der Waals surface area contributed by atoms with Gasteiger partial charge in [0.25, 0.3) is 0 Å². The molecule has 2 aromatic rings. The average Bonchev–Trinajstić information content (AvgIpc) is 2.78. The fourth-order valence-electron chi connectivity index (χ4n) is 3.50. The van der Waals surface area contributed by atoms with Crippen LogP contribution in [0, 0.1) is 11.2 Å². The van der Waals surface area contributed by atoms with Crippen molar-refractivity contribution in [2.24, 2.45) is 5.41 Å². The van der Waals surface area contributed by atoms with E-state index in [4.69, 9.17) is 0 Å². The van der Waals surface area contributed by atoms with Gasteiger partial charge >= 0.3 is 0 Å². The molecule has 1 saturated heterocycles. The van der Waals surface area contributed by atoms with Crippen molar-refractivity contribution in [2.45, 2.75) is 52.6 Å². The highest BCUT2D eigenvalue weighted by atomic mass is 19.1. The van der Waals surface area contributed by atoms with Crippen molar-refractivity contribution < 1.29 is 4.39 Å². The van der Waals surface area contributed by atoms with Gasteiger partial charge in [-0.3, -0.25) is 0 Å². The molecule has 3 rings (SSSR count). The maximum Gasteiger partial charge on any atom is 0.151 e. The lowest BCUT2D eigenvalue weighted by atomic mass is 9.77. The molecule has 21 heavy (non-hydrogen) atoms. The van der Waals surface area contributed by atoms with Crippen molar-refractivity contribution >= 4 is 11.0 Å². The summed E-state index contributed by atoms with van der Waals surface area (Å²) < 4.78 is 16.3. The van der Waals surface area contributed by atoms with E-state index in [1.54, 1.807) is 6.07 Å². The molecule has 4 heteroatoms. The lowest BCUT2D eigenvalue weighted by Crippen LogP contribution is -2.41. The number of imidazole rings is 1. The lowest BCUT2D eigenvalue weighted by molar-refractivity contribution is 0.169. The van der Waals surface area contributed by atoms with E-state index in [0.717, 1.165) is 24.3 Å². The summed E-state index contributed by atoms with van der Waals surface area (Å²) in [6.07, 6.45) is 2.34. The van der Waals surface area contributed by atoms with Gasteiger partial charge < -0.3 is 9.88 Å². The molecule has 0 aliphatic carbocycles. The summed E-state index contributed by atoms with van der Waals surface area (Å²) in [5, 5.41) is 3.60. The van der Waals surface area contributed by atoms with Crippen molar-refractivity contribution in [3.8, 4) is 0 Å². The molecule has 114 valence electrons. The van der Waals surface area contributed by atoms with Crippen LogP contribution in [0.1, 0.15) is 58.4 Å². The highest BCUT2D eigenvalue weighted by Gasteiger charge is 2.37. The molecule has 2 heterocycles. The molecular weight excluding hydrogens is 265 g/mol. The molecule has 0 amide bonds. The number of aromatic nitrogens is 2. The largest absolute Gasteiger partial charge is 0.324 e. The van der Waals surface area contributed by atoms with Gasteiger partial charge in [-0.2, -0.15) is 0 Å². The van der Waals surface area contributed by atoms with E-state index in [1.165, 1.54) is 12.5 Å². The Labute approximate surface area is 125 Å². The van der Waals surface area contributed by atoms with E-state index < -0.39 is 0 Å². The first kappa shape index (κ1) is 14.5. The van der Waals surface area contributed by atoms with Gasteiger partial charge in [0.1, 0.15) is 11.3 Å². The minimum absolute atomic E-state index is 0.128. The first-order valence-corrected chi connectivity index (χ1v) is 7.81. The maximum absolute atomic E-state index is 14.1. The van der Waals surface area contributed by atoms with Crippen molar-refractivity contribution in [3.63, 3.8) is 0 Å². The second kappa shape index (κ2) is 5.09. The van der Waals surface area contributed by atoms with E-state index in [0.29, 0.717) is 5.52 Å². The molecule has 1 aromatic carbocycles. The van der Waals surface area contributed by atoms with Crippen LogP contribution in [-0.4, -0.2) is 16.1 Å². The first-order chi connectivity index (χ1) is 9.92. The molecule has 1 N–H and O–H groups in total. The number of piperidine rings is 1. The summed E-state index contributed by atoms with van der Waals surface area (Å²) in [5.74, 6) is 0.733. The van der Waals surface area contributed by atoms with Gasteiger partial charge in [-0.1, -0.05) is 19.9 Å². The Bertz CT molecular complexity index is 657. The van der Waals surface area contributed by atoms with E-state index in [-0.39, 0.29) is 23.3 Å². The van der Waals surface area contributed by atoms with Crippen LogP contribution in [0.4, 0.5) is 4.39 Å². The van der Waals surface area contributed by atoms with E-state index in [2.05, 4.69) is 42.6 Å². The molecule has 1 unspecified atom stereocenters. The molecule has 0 bridgehead atoms. The normalized spacial score (nSPS) is 22.1. The van der Waals surface area contributed by atoms with Crippen molar-refractivity contribution in [1.29, 1.82) is 0 Å². The lowest BCUT2D eigenvalue weighted by Gasteiger charge is -2.39. The van der Waals surface area contributed by atoms with Crippen molar-refractivity contribution in [2.75, 3.05) is 6.54 Å². The zero-order valence-corrected chi connectivity index (χ0v) is 13.3. The fraction of sp³-hybridized carbons (Fsp3) is 0.588. The third-order valence-corrected chi connectivity index (χ3v) is 4.60. The van der Waals surface area contributed by atoms with Gasteiger partial charge in [0.2, 0.25) is 0 Å². The third-order valence-electron chi connectivity index (χ3n) is 4.60. The van der Waals surface area contributed by atoms with Gasteiger partial charge in [-0.25, -0.2) is 9.37 Å². The van der Waals surface area contributed by atoms with Crippen LogP contribution in [0.25, 0.3) is 11.0 Å². The summed E-state index contributed by atoms with van der Waals surface area (Å²) >= 11 is 0. The number of para-hydroxylation sites is 1. The summed E-state index contributed by atoms with van der Waals surface area (Å²) in [6.45, 7) is 9.79. The number of fused-ring (bicyclic) bond motifs is 1. The number of nitrogens with one attached hydrogen (secondary N) is 1. The highest BCUT2D eigenvalue weighted by molar-refractivity contribution is 5.77. The molecular formula is C17H24FN3. The molecule has 1 aromatic heterocycles. The van der Waals surface area contributed by atoms with E-state index in [9.17, 15) is 4.39 Å². The SMILES string of the molecule is CC(C)n1c(C2NCCCC2(C)C)nc2c(F)cccc21. The number of hydrogen-bond donors (Lipinski definition) is 1. The second-order valence-corrected chi connectivity index (χ2v) is 7.02. The predicted octanol–water partition coefficient (Wildman–Crippen LogP) is 4.21. The minimum atomic E-state index is -0.234. The zero-order chi connectivity index (χ0) is 15.2. The summed E-state index contributed by atoms with van der Waals surface area (Å²) in [7, 11) is 0. The van der Waals surface area contributed by atoms with Gasteiger partial charge in [0.15, 0.2) is 5.82 Å². The van der Waals surface area contributed by atoms with Crippen molar-refractivity contribution in [3.05, 3.63) is 29.8 Å². The number of halogens is 1. The number of benzene rings is 1. The van der Waals surface area contributed by atoms with E-state index in [1.807, 2.05) is 6.07 Å². The quantitative estimate of drug-likeness (QED) is 0.897. The molecule has 1 atom stereocenters. The Morgan fingerprint density at radius 2 is 2.14 bits per heavy atom. The van der Waals surface area contributed by atoms with Crippen LogP contribution < -0.4 is 5.32 Å².